The molecule has 3 aromatic rings. The van der Waals surface area contributed by atoms with Gasteiger partial charge in [0, 0.05) is 22.0 Å². The van der Waals surface area contributed by atoms with Crippen LogP contribution in [0.2, 0.25) is 0 Å². The van der Waals surface area contributed by atoms with Crippen LogP contribution in [0.4, 0.5) is 0 Å². The molecule has 0 aliphatic heterocycles. The van der Waals surface area contributed by atoms with E-state index in [0.717, 1.165) is 15.4 Å². The molecule has 0 saturated heterocycles. The van der Waals surface area contributed by atoms with Gasteiger partial charge in [-0.1, -0.05) is 61.0 Å². The minimum absolute atomic E-state index is 0.0757. The van der Waals surface area contributed by atoms with E-state index in [-0.39, 0.29) is 17.4 Å². The van der Waals surface area contributed by atoms with E-state index < -0.39 is 0 Å². The number of fused-ring (bicyclic) bond motifs is 1. The van der Waals surface area contributed by atoms with Crippen molar-refractivity contribution in [3.63, 3.8) is 0 Å². The van der Waals surface area contributed by atoms with Crippen molar-refractivity contribution in [1.29, 1.82) is 0 Å². The first-order valence-electron chi connectivity index (χ1n) is 9.81. The summed E-state index contributed by atoms with van der Waals surface area (Å²) in [5.74, 6) is 0.187. The van der Waals surface area contributed by atoms with Crippen LogP contribution in [0.3, 0.4) is 0 Å². The molecule has 1 amide bonds. The lowest BCUT2D eigenvalue weighted by atomic mass is 9.86. The Bertz CT molecular complexity index is 1010. The Balaban J connectivity index is 1.77. The van der Waals surface area contributed by atoms with Crippen molar-refractivity contribution < 1.29 is 9.21 Å². The van der Waals surface area contributed by atoms with Crippen LogP contribution in [0.25, 0.3) is 11.0 Å². The first-order chi connectivity index (χ1) is 13.6. The van der Waals surface area contributed by atoms with Gasteiger partial charge < -0.3 is 14.6 Å². The number of furan rings is 1. The van der Waals surface area contributed by atoms with Gasteiger partial charge in [0.15, 0.2) is 5.76 Å². The van der Waals surface area contributed by atoms with Crippen molar-refractivity contribution >= 4 is 32.8 Å². The highest BCUT2D eigenvalue weighted by atomic mass is 79.9. The van der Waals surface area contributed by atoms with Crippen molar-refractivity contribution in [3.05, 3.63) is 69.4 Å². The molecular formula is C24H29BrN2O2. The number of halogens is 1. The average molecular weight is 457 g/mol. The van der Waals surface area contributed by atoms with Crippen molar-refractivity contribution in [2.75, 3.05) is 20.6 Å². The second kappa shape index (κ2) is 8.33. The predicted molar refractivity (Wildman–Crippen MR) is 123 cm³/mol. The van der Waals surface area contributed by atoms with Crippen molar-refractivity contribution in [1.82, 2.24) is 10.2 Å². The van der Waals surface area contributed by atoms with Crippen LogP contribution in [0, 0.1) is 6.92 Å². The minimum atomic E-state index is -0.187. The molecule has 1 atom stereocenters. The number of aryl methyl sites for hydroxylation is 1. The Hall–Kier alpha value is -2.11. The molecule has 0 aliphatic rings. The second-order valence-electron chi connectivity index (χ2n) is 8.76. The van der Waals surface area contributed by atoms with Gasteiger partial charge in [-0.3, -0.25) is 4.79 Å². The number of nitrogens with one attached hydrogen (secondary N) is 1. The number of carbonyl (C=O) groups excluding carboxylic acids is 1. The number of rotatable bonds is 5. The first-order valence-corrected chi connectivity index (χ1v) is 10.6. The van der Waals surface area contributed by atoms with Crippen LogP contribution >= 0.6 is 15.9 Å². The molecule has 0 aliphatic carbocycles. The van der Waals surface area contributed by atoms with Gasteiger partial charge in [0.1, 0.15) is 5.58 Å². The molecule has 0 unspecified atom stereocenters. The molecule has 0 bridgehead atoms. The van der Waals surface area contributed by atoms with Crippen LogP contribution in [-0.4, -0.2) is 31.4 Å². The summed E-state index contributed by atoms with van der Waals surface area (Å²) in [6.07, 6.45) is 0. The standard InChI is InChI=1S/C24H29BrN2O2/c1-15-19-12-11-18(25)13-21(19)29-22(15)23(28)26-14-20(27(5)6)16-7-9-17(10-8-16)24(2,3)4/h7-13,20H,14H2,1-6H3,(H,26,28)/t20-/m1/s1. The normalized spacial score (nSPS) is 13.1. The van der Waals surface area contributed by atoms with E-state index in [1.54, 1.807) is 0 Å². The lowest BCUT2D eigenvalue weighted by Crippen LogP contribution is -2.34. The summed E-state index contributed by atoms with van der Waals surface area (Å²) < 4.78 is 6.77. The number of benzene rings is 2. The van der Waals surface area contributed by atoms with Gasteiger partial charge in [0.2, 0.25) is 0 Å². The van der Waals surface area contributed by atoms with Crippen LogP contribution in [0.15, 0.2) is 51.4 Å². The molecule has 4 nitrogen and oxygen atoms in total. The molecule has 1 aromatic heterocycles. The van der Waals surface area contributed by atoms with E-state index in [1.165, 1.54) is 11.1 Å². The van der Waals surface area contributed by atoms with Gasteiger partial charge in [-0.15, -0.1) is 0 Å². The van der Waals surface area contributed by atoms with Crippen LogP contribution in [0.1, 0.15) is 54.1 Å². The zero-order chi connectivity index (χ0) is 21.3. The fourth-order valence-electron chi connectivity index (χ4n) is 3.49. The zero-order valence-corrected chi connectivity index (χ0v) is 19.6. The van der Waals surface area contributed by atoms with Gasteiger partial charge >= 0.3 is 0 Å². The molecule has 0 radical (unpaired) electrons. The van der Waals surface area contributed by atoms with Gasteiger partial charge in [0.05, 0.1) is 6.04 Å². The third kappa shape index (κ3) is 4.73. The number of nitrogens with zero attached hydrogens (tertiary/aromatic N) is 1. The van der Waals surface area contributed by atoms with Crippen molar-refractivity contribution in [2.24, 2.45) is 0 Å². The van der Waals surface area contributed by atoms with Crippen LogP contribution in [0.5, 0.6) is 0 Å². The summed E-state index contributed by atoms with van der Waals surface area (Å²) in [4.78, 5) is 14.9. The summed E-state index contributed by atoms with van der Waals surface area (Å²) >= 11 is 3.45. The number of hydrogen-bond donors (Lipinski definition) is 1. The van der Waals surface area contributed by atoms with E-state index in [1.807, 2.05) is 39.2 Å². The third-order valence-electron chi connectivity index (χ3n) is 5.35. The van der Waals surface area contributed by atoms with Crippen LogP contribution in [-0.2, 0) is 5.41 Å². The maximum Gasteiger partial charge on any atom is 0.287 e. The summed E-state index contributed by atoms with van der Waals surface area (Å²) in [6.45, 7) is 9.05. The quantitative estimate of drug-likeness (QED) is 0.524. The monoisotopic (exact) mass is 456 g/mol. The van der Waals surface area contributed by atoms with Crippen molar-refractivity contribution in [2.45, 2.75) is 39.2 Å². The first kappa shape index (κ1) is 21.6. The molecule has 0 spiro atoms. The number of carbonyl (C=O) groups is 1. The molecule has 3 rings (SSSR count). The molecule has 0 saturated carbocycles. The highest BCUT2D eigenvalue weighted by Crippen LogP contribution is 2.28. The lowest BCUT2D eigenvalue weighted by Gasteiger charge is -2.26. The van der Waals surface area contributed by atoms with E-state index in [2.05, 4.69) is 71.2 Å². The van der Waals surface area contributed by atoms with E-state index in [0.29, 0.717) is 17.9 Å². The Morgan fingerprint density at radius 2 is 1.79 bits per heavy atom. The zero-order valence-electron chi connectivity index (χ0n) is 18.0. The Kier molecular flexibility index (Phi) is 6.20. The maximum atomic E-state index is 12.8. The van der Waals surface area contributed by atoms with Gasteiger partial charge in [-0.25, -0.2) is 0 Å². The minimum Gasteiger partial charge on any atom is -0.451 e. The van der Waals surface area contributed by atoms with Crippen LogP contribution < -0.4 is 5.32 Å². The van der Waals surface area contributed by atoms with Gasteiger partial charge in [-0.2, -0.15) is 0 Å². The highest BCUT2D eigenvalue weighted by Gasteiger charge is 2.21. The Morgan fingerprint density at radius 3 is 2.38 bits per heavy atom. The molecule has 29 heavy (non-hydrogen) atoms. The summed E-state index contributed by atoms with van der Waals surface area (Å²) in [6, 6.07) is 14.5. The lowest BCUT2D eigenvalue weighted by molar-refractivity contribution is 0.0915. The summed E-state index contributed by atoms with van der Waals surface area (Å²) in [7, 11) is 4.05. The van der Waals surface area contributed by atoms with E-state index in [4.69, 9.17) is 4.42 Å². The van der Waals surface area contributed by atoms with Gasteiger partial charge in [-0.05, 0) is 55.8 Å². The summed E-state index contributed by atoms with van der Waals surface area (Å²) in [5.41, 5.74) is 4.17. The average Bonchev–Trinajstić information content (AvgIpc) is 2.97. The number of hydrogen-bond acceptors (Lipinski definition) is 3. The smallest absolute Gasteiger partial charge is 0.287 e. The maximum absolute atomic E-state index is 12.8. The molecule has 1 heterocycles. The Morgan fingerprint density at radius 1 is 1.14 bits per heavy atom. The molecule has 1 N–H and O–H groups in total. The van der Waals surface area contributed by atoms with E-state index >= 15 is 0 Å². The largest absolute Gasteiger partial charge is 0.451 e. The predicted octanol–water partition coefficient (Wildman–Crippen LogP) is 5.83. The molecule has 154 valence electrons. The SMILES string of the molecule is Cc1c(C(=O)NC[C@H](c2ccc(C(C)(C)C)cc2)N(C)C)oc2cc(Br)ccc12. The third-order valence-corrected chi connectivity index (χ3v) is 5.84. The fourth-order valence-corrected chi connectivity index (χ4v) is 3.83. The van der Waals surface area contributed by atoms with E-state index in [9.17, 15) is 4.79 Å². The second-order valence-corrected chi connectivity index (χ2v) is 9.67. The Labute approximate surface area is 181 Å². The van der Waals surface area contributed by atoms with Crippen molar-refractivity contribution in [3.8, 4) is 0 Å². The topological polar surface area (TPSA) is 45.5 Å². The highest BCUT2D eigenvalue weighted by molar-refractivity contribution is 9.10. The summed E-state index contributed by atoms with van der Waals surface area (Å²) in [5, 5.41) is 4.01. The molecule has 5 heteroatoms. The molecular weight excluding hydrogens is 428 g/mol. The number of amides is 1. The molecule has 2 aromatic carbocycles. The van der Waals surface area contributed by atoms with Gasteiger partial charge in [0.25, 0.3) is 5.91 Å². The molecule has 0 fully saturated rings. The fraction of sp³-hybridized carbons (Fsp3) is 0.375. The number of likely N-dealkylation sites (N-methyl/N-ethyl adjacent to an activating group) is 1.